The third-order valence-corrected chi connectivity index (χ3v) is 7.06. The summed E-state index contributed by atoms with van der Waals surface area (Å²) in [5.41, 5.74) is 3.14. The molecule has 0 aromatic heterocycles. The number of nitrogens with one attached hydrogen (secondary N) is 1. The number of anilines is 1. The van der Waals surface area contributed by atoms with Gasteiger partial charge in [0.15, 0.2) is 5.78 Å². The van der Waals surface area contributed by atoms with E-state index in [0.29, 0.717) is 40.1 Å². The molecule has 2 aliphatic rings. The van der Waals surface area contributed by atoms with E-state index >= 15 is 0 Å². The first-order valence-electron chi connectivity index (χ1n) is 11.8. The van der Waals surface area contributed by atoms with Gasteiger partial charge in [-0.25, -0.2) is 4.39 Å². The Bertz CT molecular complexity index is 1410. The van der Waals surface area contributed by atoms with Crippen molar-refractivity contribution in [2.75, 3.05) is 4.90 Å². The lowest BCUT2D eigenvalue weighted by Gasteiger charge is -2.45. The van der Waals surface area contributed by atoms with Crippen LogP contribution in [0.1, 0.15) is 43.7 Å². The van der Waals surface area contributed by atoms with E-state index in [-0.39, 0.29) is 22.8 Å². The molecule has 1 aliphatic heterocycles. The highest BCUT2D eigenvalue weighted by molar-refractivity contribution is 6.30. The van der Waals surface area contributed by atoms with Crippen molar-refractivity contribution >= 4 is 34.7 Å². The van der Waals surface area contributed by atoms with E-state index in [1.54, 1.807) is 41.3 Å². The fourth-order valence-corrected chi connectivity index (χ4v) is 5.35. The molecule has 1 heterocycles. The van der Waals surface area contributed by atoms with E-state index in [9.17, 15) is 19.7 Å². The summed E-state index contributed by atoms with van der Waals surface area (Å²) in [6.45, 7) is 4.09. The first kappa shape index (κ1) is 24.0. The topological polar surface area (TPSA) is 64.4 Å². The van der Waals surface area contributed by atoms with Crippen molar-refractivity contribution in [2.24, 2.45) is 5.41 Å². The molecular weight excluding hydrogens is 475 g/mol. The molecule has 0 saturated carbocycles. The second kappa shape index (κ2) is 9.07. The van der Waals surface area contributed by atoms with Crippen molar-refractivity contribution in [2.45, 2.75) is 32.6 Å². The first-order valence-corrected chi connectivity index (χ1v) is 12.2. The van der Waals surface area contributed by atoms with E-state index in [1.165, 1.54) is 12.1 Å². The molecule has 1 atom stereocenters. The Hall–Kier alpha value is -3.70. The zero-order valence-electron chi connectivity index (χ0n) is 20.1. The minimum Gasteiger partial charge on any atom is -0.507 e. The summed E-state index contributed by atoms with van der Waals surface area (Å²) < 4.78 is 13.9. The molecule has 5 rings (SSSR count). The minimum absolute atomic E-state index is 0.0367. The largest absolute Gasteiger partial charge is 0.507 e. The van der Waals surface area contributed by atoms with Gasteiger partial charge in [0, 0.05) is 45.5 Å². The molecule has 182 valence electrons. The number of aliphatic hydroxyl groups is 1. The number of hydrogen-bond donors (Lipinski definition) is 2. The highest BCUT2D eigenvalue weighted by Crippen LogP contribution is 2.51. The Morgan fingerprint density at radius 2 is 1.64 bits per heavy atom. The highest BCUT2D eigenvalue weighted by Gasteiger charge is 2.46. The molecule has 1 aliphatic carbocycles. The highest BCUT2D eigenvalue weighted by atomic mass is 35.5. The summed E-state index contributed by atoms with van der Waals surface area (Å²) in [4.78, 5) is 15.6. The maximum Gasteiger partial charge on any atom is 0.162 e. The van der Waals surface area contributed by atoms with Gasteiger partial charge in [-0.3, -0.25) is 15.1 Å². The molecule has 1 unspecified atom stereocenters. The molecule has 0 radical (unpaired) electrons. The molecule has 4 nitrogen and oxygen atoms in total. The Balaban J connectivity index is 1.84. The van der Waals surface area contributed by atoms with Crippen LogP contribution in [0.5, 0.6) is 0 Å². The number of carbonyl (C=O) groups is 1. The fraction of sp³-hybridized carbons (Fsp3) is 0.200. The van der Waals surface area contributed by atoms with Crippen LogP contribution in [-0.4, -0.2) is 16.7 Å². The second-order valence-electron chi connectivity index (χ2n) is 10.1. The number of nitrogens with zero attached hydrogens (tertiary/aromatic N) is 1. The molecule has 0 fully saturated rings. The van der Waals surface area contributed by atoms with Crippen LogP contribution >= 0.6 is 11.6 Å². The summed E-state index contributed by atoms with van der Waals surface area (Å²) in [6, 6.07) is 22.1. The standard InChI is InChI=1S/C30H26ClFN2O2/c1-30(2)16-23-26(24(35)17-30)25(18-10-14-21(32)15-11-18)27(28(36)19-8-12-20(31)13-9-19)29(33)34(23)22-6-4-3-5-7-22/h3-15,25,33,36H,16-17H2,1-2H3/b28-27+,33-29?. The average Bonchev–Trinajstić information content (AvgIpc) is 2.84. The van der Waals surface area contributed by atoms with Crippen molar-refractivity contribution in [3.05, 3.63) is 118 Å². The lowest BCUT2D eigenvalue weighted by Crippen LogP contribution is -2.45. The van der Waals surface area contributed by atoms with Crippen LogP contribution in [0, 0.1) is 16.6 Å². The van der Waals surface area contributed by atoms with Crippen molar-refractivity contribution < 1.29 is 14.3 Å². The number of hydrogen-bond acceptors (Lipinski definition) is 3. The van der Waals surface area contributed by atoms with E-state index in [1.807, 2.05) is 44.2 Å². The summed E-state index contributed by atoms with van der Waals surface area (Å²) in [6.07, 6.45) is 0.923. The predicted octanol–water partition coefficient (Wildman–Crippen LogP) is 7.67. The van der Waals surface area contributed by atoms with Crippen LogP contribution < -0.4 is 4.90 Å². The number of aliphatic hydroxyl groups excluding tert-OH is 1. The molecule has 2 N–H and O–H groups in total. The van der Waals surface area contributed by atoms with Gasteiger partial charge in [0.2, 0.25) is 0 Å². The van der Waals surface area contributed by atoms with E-state index < -0.39 is 11.7 Å². The lowest BCUT2D eigenvalue weighted by molar-refractivity contribution is -0.118. The van der Waals surface area contributed by atoms with Gasteiger partial charge in [-0.15, -0.1) is 0 Å². The molecule has 3 aromatic rings. The molecule has 36 heavy (non-hydrogen) atoms. The maximum absolute atomic E-state index is 13.9. The number of amidine groups is 1. The van der Waals surface area contributed by atoms with Gasteiger partial charge < -0.3 is 5.11 Å². The van der Waals surface area contributed by atoms with Gasteiger partial charge in [0.05, 0.1) is 0 Å². The van der Waals surface area contributed by atoms with Crippen molar-refractivity contribution in [3.8, 4) is 0 Å². The monoisotopic (exact) mass is 500 g/mol. The van der Waals surface area contributed by atoms with Crippen molar-refractivity contribution in [3.63, 3.8) is 0 Å². The summed E-state index contributed by atoms with van der Waals surface area (Å²) in [5.74, 6) is -1.19. The molecule has 0 spiro atoms. The number of para-hydroxylation sites is 1. The van der Waals surface area contributed by atoms with Crippen LogP contribution in [0.15, 0.2) is 95.7 Å². The summed E-state index contributed by atoms with van der Waals surface area (Å²) >= 11 is 6.07. The number of rotatable bonds is 3. The van der Waals surface area contributed by atoms with Gasteiger partial charge in [-0.05, 0) is 65.9 Å². The normalized spacial score (nSPS) is 20.9. The molecule has 0 saturated heterocycles. The predicted molar refractivity (Wildman–Crippen MR) is 142 cm³/mol. The number of carbonyl (C=O) groups excluding carboxylic acids is 1. The van der Waals surface area contributed by atoms with Gasteiger partial charge in [0.1, 0.15) is 17.4 Å². The van der Waals surface area contributed by atoms with Gasteiger partial charge in [-0.1, -0.05) is 55.8 Å². The number of Topliss-reactive ketones (excluding diaryl/α,β-unsaturated/α-hetero) is 1. The van der Waals surface area contributed by atoms with Gasteiger partial charge in [-0.2, -0.15) is 0 Å². The SMILES string of the molecule is CC1(C)CC(=O)C2=C(C1)N(c1ccccc1)C(=N)/C(=C(/O)c1ccc(Cl)cc1)C2c1ccc(F)cc1. The van der Waals surface area contributed by atoms with Crippen LogP contribution in [-0.2, 0) is 4.79 Å². The quantitative estimate of drug-likeness (QED) is 0.362. The van der Waals surface area contributed by atoms with E-state index in [4.69, 9.17) is 11.6 Å². The lowest BCUT2D eigenvalue weighted by atomic mass is 9.67. The molecule has 6 heteroatoms. The Morgan fingerprint density at radius 1 is 1.00 bits per heavy atom. The Labute approximate surface area is 214 Å². The average molecular weight is 501 g/mol. The zero-order chi connectivity index (χ0) is 25.6. The summed E-state index contributed by atoms with van der Waals surface area (Å²) in [5, 5.41) is 21.5. The number of ketones is 1. The van der Waals surface area contributed by atoms with Gasteiger partial charge in [0.25, 0.3) is 0 Å². The molecule has 0 bridgehead atoms. The van der Waals surface area contributed by atoms with Crippen molar-refractivity contribution in [1.29, 1.82) is 5.41 Å². The number of halogens is 2. The second-order valence-corrected chi connectivity index (χ2v) is 10.5. The van der Waals surface area contributed by atoms with E-state index in [0.717, 1.165) is 11.4 Å². The van der Waals surface area contributed by atoms with Gasteiger partial charge >= 0.3 is 0 Å². The third-order valence-electron chi connectivity index (χ3n) is 6.81. The maximum atomic E-state index is 13.9. The number of allylic oxidation sites excluding steroid dienone is 2. The Kier molecular flexibility index (Phi) is 6.05. The molecule has 0 amide bonds. The molecular formula is C30H26ClFN2O2. The van der Waals surface area contributed by atoms with Crippen LogP contribution in [0.2, 0.25) is 5.02 Å². The third kappa shape index (κ3) is 4.24. The zero-order valence-corrected chi connectivity index (χ0v) is 20.8. The Morgan fingerprint density at radius 3 is 2.28 bits per heavy atom. The molecule has 3 aromatic carbocycles. The fourth-order valence-electron chi connectivity index (χ4n) is 5.23. The van der Waals surface area contributed by atoms with Crippen LogP contribution in [0.3, 0.4) is 0 Å². The first-order chi connectivity index (χ1) is 17.2. The number of benzene rings is 3. The van der Waals surface area contributed by atoms with Crippen LogP contribution in [0.4, 0.5) is 10.1 Å². The van der Waals surface area contributed by atoms with Crippen molar-refractivity contribution in [1.82, 2.24) is 0 Å². The smallest absolute Gasteiger partial charge is 0.162 e. The van der Waals surface area contributed by atoms with E-state index in [2.05, 4.69) is 0 Å². The van der Waals surface area contributed by atoms with Crippen LogP contribution in [0.25, 0.3) is 5.76 Å². The summed E-state index contributed by atoms with van der Waals surface area (Å²) in [7, 11) is 0. The minimum atomic E-state index is -0.715.